The van der Waals surface area contributed by atoms with Gasteiger partial charge >= 0.3 is 8.25 Å². The van der Waals surface area contributed by atoms with Crippen molar-refractivity contribution in [3.8, 4) is 0 Å². The topological polar surface area (TPSA) is 95.9 Å². The Labute approximate surface area is 76.9 Å². The van der Waals surface area contributed by atoms with Crippen LogP contribution in [-0.2, 0) is 13.9 Å². The molecule has 0 aliphatic carbocycles. The molecule has 0 saturated carbocycles. The molecule has 13 heavy (non-hydrogen) atoms. The highest BCUT2D eigenvalue weighted by molar-refractivity contribution is 7.32. The van der Waals surface area contributed by atoms with Crippen LogP contribution in [-0.4, -0.2) is 28.2 Å². The molecule has 3 N–H and O–H groups in total. The fourth-order valence-electron chi connectivity index (χ4n) is 0.810. The van der Waals surface area contributed by atoms with Crippen LogP contribution in [0.25, 0.3) is 0 Å². The van der Waals surface area contributed by atoms with Gasteiger partial charge in [-0.25, -0.2) is 0 Å². The lowest BCUT2D eigenvalue weighted by atomic mass is 10.1. The van der Waals surface area contributed by atoms with E-state index in [9.17, 15) is 9.36 Å². The molecule has 0 bridgehead atoms. The molecule has 0 aromatic rings. The lowest BCUT2D eigenvalue weighted by molar-refractivity contribution is -0.125. The van der Waals surface area contributed by atoms with E-state index in [4.69, 9.17) is 10.00 Å². The fraction of sp³-hybridized carbons (Fsp3) is 0.833. The number of rotatable bonds is 5. The number of nitrogens with one attached hydrogen (secondary N) is 1. The third-order valence-corrected chi connectivity index (χ3v) is 1.95. The highest BCUT2D eigenvalue weighted by Crippen LogP contribution is 2.27. The molecule has 0 radical (unpaired) electrons. The van der Waals surface area contributed by atoms with Gasteiger partial charge in [0.15, 0.2) is 0 Å². The first-order valence-electron chi connectivity index (χ1n) is 3.67. The number of hydrogen-bond acceptors (Lipinski definition) is 4. The summed E-state index contributed by atoms with van der Waals surface area (Å²) in [4.78, 5) is 19.4. The molecule has 1 amide bonds. The molecule has 78 valence electrons. The summed E-state index contributed by atoms with van der Waals surface area (Å²) in [7, 11) is -3.04. The summed E-state index contributed by atoms with van der Waals surface area (Å²) in [6, 6.07) is 0. The van der Waals surface area contributed by atoms with Gasteiger partial charge in [0.1, 0.15) is 6.73 Å². The van der Waals surface area contributed by atoms with Gasteiger partial charge in [-0.2, -0.15) is 0 Å². The van der Waals surface area contributed by atoms with Gasteiger partial charge in [0, 0.05) is 0 Å². The maximum absolute atomic E-state index is 10.9. The molecular formula is C6H14NO5P. The minimum atomic E-state index is -3.04. The first kappa shape index (κ1) is 12.6. The quantitative estimate of drug-likeness (QED) is 0.425. The second-order valence-electron chi connectivity index (χ2n) is 3.06. The van der Waals surface area contributed by atoms with Crippen LogP contribution in [0.1, 0.15) is 20.3 Å². The Morgan fingerprint density at radius 3 is 2.54 bits per heavy atom. The molecular weight excluding hydrogens is 197 g/mol. The van der Waals surface area contributed by atoms with Crippen molar-refractivity contribution in [1.82, 2.24) is 5.32 Å². The summed E-state index contributed by atoms with van der Waals surface area (Å²) in [6.07, 6.45) is -0.0788. The van der Waals surface area contributed by atoms with Crippen LogP contribution in [0.15, 0.2) is 0 Å². The molecule has 0 aromatic heterocycles. The normalized spacial score (nSPS) is 13.8. The van der Waals surface area contributed by atoms with E-state index in [-0.39, 0.29) is 6.42 Å². The van der Waals surface area contributed by atoms with E-state index < -0.39 is 26.5 Å². The predicted octanol–water partition coefficient (Wildman–Crippen LogP) is -0.380. The van der Waals surface area contributed by atoms with Gasteiger partial charge in [-0.05, 0) is 13.8 Å². The summed E-state index contributed by atoms with van der Waals surface area (Å²) < 4.78 is 15.0. The minimum absolute atomic E-state index is 0.0788. The molecule has 0 aromatic carbocycles. The summed E-state index contributed by atoms with van der Waals surface area (Å²) in [6.45, 7) is 2.58. The van der Waals surface area contributed by atoms with E-state index in [1.54, 1.807) is 0 Å². The first-order chi connectivity index (χ1) is 5.87. The van der Waals surface area contributed by atoms with Crippen LogP contribution in [0, 0.1) is 0 Å². The van der Waals surface area contributed by atoms with Crippen LogP contribution in [0.4, 0.5) is 0 Å². The highest BCUT2D eigenvalue weighted by Gasteiger charge is 2.24. The number of amides is 1. The van der Waals surface area contributed by atoms with Gasteiger partial charge in [-0.1, -0.05) is 0 Å². The van der Waals surface area contributed by atoms with Crippen molar-refractivity contribution < 1.29 is 23.9 Å². The van der Waals surface area contributed by atoms with Gasteiger partial charge in [0.05, 0.1) is 12.0 Å². The number of hydrogen-bond donors (Lipinski definition) is 3. The van der Waals surface area contributed by atoms with Gasteiger partial charge in [0.25, 0.3) is 0 Å². The molecule has 0 aliphatic rings. The third-order valence-electron chi connectivity index (χ3n) is 1.23. The molecule has 0 rings (SSSR count). The smallest absolute Gasteiger partial charge is 0.317 e. The lowest BCUT2D eigenvalue weighted by Crippen LogP contribution is -2.33. The molecule has 0 saturated heterocycles. The van der Waals surface area contributed by atoms with Crippen molar-refractivity contribution in [3.05, 3.63) is 0 Å². The van der Waals surface area contributed by atoms with Crippen LogP contribution < -0.4 is 5.32 Å². The minimum Gasteiger partial charge on any atom is -0.377 e. The Balaban J connectivity index is 4.00. The Morgan fingerprint density at radius 1 is 1.62 bits per heavy atom. The van der Waals surface area contributed by atoms with Crippen molar-refractivity contribution in [2.45, 2.75) is 25.9 Å². The van der Waals surface area contributed by atoms with Crippen molar-refractivity contribution in [3.63, 3.8) is 0 Å². The summed E-state index contributed by atoms with van der Waals surface area (Å²) in [5, 5.41) is 10.5. The van der Waals surface area contributed by atoms with Crippen LogP contribution in [0.2, 0.25) is 0 Å². The summed E-state index contributed by atoms with van der Waals surface area (Å²) in [5.74, 6) is -0.434. The van der Waals surface area contributed by atoms with Crippen molar-refractivity contribution in [1.29, 1.82) is 0 Å². The van der Waals surface area contributed by atoms with Crippen LogP contribution in [0.3, 0.4) is 0 Å². The SMILES string of the molecule is CC(C)(CC(=O)NCO)O[PH](=O)O. The Hall–Kier alpha value is -0.420. The maximum Gasteiger partial charge on any atom is 0.317 e. The zero-order chi connectivity index (χ0) is 10.5. The van der Waals surface area contributed by atoms with Crippen LogP contribution >= 0.6 is 8.25 Å². The largest absolute Gasteiger partial charge is 0.377 e. The van der Waals surface area contributed by atoms with E-state index in [1.807, 2.05) is 0 Å². The fourth-order valence-corrected chi connectivity index (χ4v) is 1.35. The summed E-state index contributed by atoms with van der Waals surface area (Å²) >= 11 is 0. The Kier molecular flexibility index (Phi) is 5.17. The summed E-state index contributed by atoms with van der Waals surface area (Å²) in [5.41, 5.74) is -0.996. The second-order valence-corrected chi connectivity index (χ2v) is 3.80. The van der Waals surface area contributed by atoms with E-state index in [1.165, 1.54) is 13.8 Å². The average Bonchev–Trinajstić information content (AvgIpc) is 1.81. The lowest BCUT2D eigenvalue weighted by Gasteiger charge is -2.22. The van der Waals surface area contributed by atoms with Crippen molar-refractivity contribution in [2.24, 2.45) is 0 Å². The second kappa shape index (κ2) is 5.34. The Morgan fingerprint density at radius 2 is 2.15 bits per heavy atom. The van der Waals surface area contributed by atoms with Crippen molar-refractivity contribution in [2.75, 3.05) is 6.73 Å². The average molecular weight is 211 g/mol. The van der Waals surface area contributed by atoms with Gasteiger partial charge < -0.3 is 19.8 Å². The molecule has 1 unspecified atom stereocenters. The zero-order valence-electron chi connectivity index (χ0n) is 7.53. The molecule has 1 atom stereocenters. The highest BCUT2D eigenvalue weighted by atomic mass is 31.1. The maximum atomic E-state index is 10.9. The van der Waals surface area contributed by atoms with E-state index >= 15 is 0 Å². The number of aliphatic hydroxyl groups excluding tert-OH is 1. The van der Waals surface area contributed by atoms with Crippen molar-refractivity contribution >= 4 is 14.2 Å². The van der Waals surface area contributed by atoms with Crippen LogP contribution in [0.5, 0.6) is 0 Å². The predicted molar refractivity (Wildman–Crippen MR) is 46.2 cm³/mol. The van der Waals surface area contributed by atoms with E-state index in [2.05, 4.69) is 9.84 Å². The third kappa shape index (κ3) is 6.72. The number of carbonyl (C=O) groups is 1. The number of aliphatic hydroxyl groups is 1. The molecule has 6 nitrogen and oxygen atoms in total. The standard InChI is InChI=1S/C6H14NO5P/c1-6(2,12-13(10)11)3-5(9)7-4-8/h8,13H,3-4H2,1-2H3,(H,7,9)(H,10,11). The molecule has 7 heteroatoms. The molecule has 0 heterocycles. The van der Waals surface area contributed by atoms with E-state index in [0.29, 0.717) is 0 Å². The zero-order valence-corrected chi connectivity index (χ0v) is 8.53. The van der Waals surface area contributed by atoms with Gasteiger partial charge in [-0.15, -0.1) is 0 Å². The molecule has 0 spiro atoms. The Bertz CT molecular complexity index is 205. The molecule has 0 fully saturated rings. The first-order valence-corrected chi connectivity index (χ1v) is 4.93. The monoisotopic (exact) mass is 211 g/mol. The van der Waals surface area contributed by atoms with Gasteiger partial charge in [-0.3, -0.25) is 9.36 Å². The number of carbonyl (C=O) groups excluding carboxylic acids is 1. The molecule has 0 aliphatic heterocycles. The van der Waals surface area contributed by atoms with E-state index in [0.717, 1.165) is 0 Å². The van der Waals surface area contributed by atoms with Gasteiger partial charge in [0.2, 0.25) is 5.91 Å².